The van der Waals surface area contributed by atoms with Crippen LogP contribution in [-0.4, -0.2) is 41.4 Å². The first-order valence-electron chi connectivity index (χ1n) is 4.18. The molecule has 86 valence electrons. The third-order valence-corrected chi connectivity index (χ3v) is 1.60. The zero-order chi connectivity index (χ0) is 11.8. The van der Waals surface area contributed by atoms with Gasteiger partial charge in [0.15, 0.2) is 0 Å². The standard InChI is InChI=1S/C8H13ClN2O4/c1-5(9)4-10-8(15)11-6(2-3-12)7(13)14/h6,12H,1-4H2,(H,13,14)(H2,10,11,15)/t6-/m1/s1. The highest BCUT2D eigenvalue weighted by molar-refractivity contribution is 6.29. The number of aliphatic hydroxyl groups excluding tert-OH is 1. The van der Waals surface area contributed by atoms with Crippen LogP contribution < -0.4 is 10.6 Å². The van der Waals surface area contributed by atoms with E-state index in [1.165, 1.54) is 0 Å². The van der Waals surface area contributed by atoms with Crippen LogP contribution in [0.15, 0.2) is 11.6 Å². The van der Waals surface area contributed by atoms with Crippen molar-refractivity contribution in [1.29, 1.82) is 0 Å². The Labute approximate surface area is 91.9 Å². The first-order valence-corrected chi connectivity index (χ1v) is 4.56. The first kappa shape index (κ1) is 13.7. The van der Waals surface area contributed by atoms with Crippen molar-refractivity contribution in [2.24, 2.45) is 0 Å². The van der Waals surface area contributed by atoms with Crippen LogP contribution in [0.25, 0.3) is 0 Å². The minimum atomic E-state index is -1.20. The summed E-state index contributed by atoms with van der Waals surface area (Å²) in [5.74, 6) is -1.20. The second-order valence-electron chi connectivity index (χ2n) is 2.75. The van der Waals surface area contributed by atoms with E-state index in [-0.39, 0.29) is 24.6 Å². The molecule has 0 rings (SSSR count). The molecular formula is C8H13ClN2O4. The Balaban J connectivity index is 3.99. The van der Waals surface area contributed by atoms with E-state index < -0.39 is 18.0 Å². The summed E-state index contributed by atoms with van der Waals surface area (Å²) in [6.07, 6.45) is -0.0510. The molecule has 15 heavy (non-hydrogen) atoms. The van der Waals surface area contributed by atoms with E-state index in [1.54, 1.807) is 0 Å². The molecule has 1 atom stereocenters. The van der Waals surface area contributed by atoms with Crippen LogP contribution in [-0.2, 0) is 4.79 Å². The predicted molar refractivity (Wildman–Crippen MR) is 54.7 cm³/mol. The average molecular weight is 237 g/mol. The third-order valence-electron chi connectivity index (χ3n) is 1.46. The smallest absolute Gasteiger partial charge is 0.326 e. The fourth-order valence-corrected chi connectivity index (χ4v) is 0.839. The molecule has 0 saturated carbocycles. The van der Waals surface area contributed by atoms with Crippen molar-refractivity contribution in [3.8, 4) is 0 Å². The number of aliphatic hydroxyl groups is 1. The van der Waals surface area contributed by atoms with Gasteiger partial charge in [-0.05, 0) is 0 Å². The molecule has 0 unspecified atom stereocenters. The molecule has 0 aliphatic carbocycles. The fourth-order valence-electron chi connectivity index (χ4n) is 0.772. The topological polar surface area (TPSA) is 98.7 Å². The maximum Gasteiger partial charge on any atom is 0.326 e. The summed E-state index contributed by atoms with van der Waals surface area (Å²) in [6.45, 7) is 3.08. The number of carboxylic acids is 1. The van der Waals surface area contributed by atoms with Crippen LogP contribution in [0.2, 0.25) is 0 Å². The van der Waals surface area contributed by atoms with Crippen molar-refractivity contribution < 1.29 is 19.8 Å². The minimum absolute atomic E-state index is 0.0510. The molecule has 0 radical (unpaired) electrons. The number of rotatable bonds is 6. The van der Waals surface area contributed by atoms with Crippen LogP contribution in [0, 0.1) is 0 Å². The van der Waals surface area contributed by atoms with Crippen molar-refractivity contribution >= 4 is 23.6 Å². The first-order chi connectivity index (χ1) is 6.97. The van der Waals surface area contributed by atoms with Crippen molar-refractivity contribution in [3.05, 3.63) is 11.6 Å². The van der Waals surface area contributed by atoms with Crippen LogP contribution in [0.5, 0.6) is 0 Å². The molecule has 0 aliphatic heterocycles. The molecular weight excluding hydrogens is 224 g/mol. The Kier molecular flexibility index (Phi) is 6.48. The van der Waals surface area contributed by atoms with Gasteiger partial charge >= 0.3 is 12.0 Å². The zero-order valence-electron chi connectivity index (χ0n) is 7.99. The molecule has 0 bridgehead atoms. The number of hydrogen-bond acceptors (Lipinski definition) is 3. The number of carbonyl (C=O) groups excluding carboxylic acids is 1. The number of carboxylic acid groups (broad SMARTS) is 1. The Morgan fingerprint density at radius 1 is 1.47 bits per heavy atom. The lowest BCUT2D eigenvalue weighted by atomic mass is 10.2. The lowest BCUT2D eigenvalue weighted by Gasteiger charge is -2.13. The number of aliphatic carboxylic acids is 1. The van der Waals surface area contributed by atoms with Crippen molar-refractivity contribution in [1.82, 2.24) is 10.6 Å². The zero-order valence-corrected chi connectivity index (χ0v) is 8.75. The van der Waals surface area contributed by atoms with Gasteiger partial charge in [-0.2, -0.15) is 0 Å². The van der Waals surface area contributed by atoms with Crippen LogP contribution >= 0.6 is 11.6 Å². The van der Waals surface area contributed by atoms with Gasteiger partial charge in [0, 0.05) is 18.1 Å². The number of halogens is 1. The molecule has 0 saturated heterocycles. The van der Waals surface area contributed by atoms with E-state index in [0.717, 1.165) is 0 Å². The normalized spacial score (nSPS) is 11.6. The predicted octanol–water partition coefficient (Wildman–Crippen LogP) is -0.126. The average Bonchev–Trinajstić information content (AvgIpc) is 2.14. The van der Waals surface area contributed by atoms with Gasteiger partial charge in [0.25, 0.3) is 0 Å². The maximum absolute atomic E-state index is 11.1. The minimum Gasteiger partial charge on any atom is -0.480 e. The largest absolute Gasteiger partial charge is 0.480 e. The van der Waals surface area contributed by atoms with Gasteiger partial charge in [-0.25, -0.2) is 9.59 Å². The molecule has 0 fully saturated rings. The van der Waals surface area contributed by atoms with Gasteiger partial charge in [0.05, 0.1) is 6.54 Å². The van der Waals surface area contributed by atoms with E-state index in [1.807, 2.05) is 0 Å². The summed E-state index contributed by atoms with van der Waals surface area (Å²) in [4.78, 5) is 21.6. The summed E-state index contributed by atoms with van der Waals surface area (Å²) in [5.41, 5.74) is 0. The number of urea groups is 1. The molecule has 0 aromatic carbocycles. The molecule has 7 heteroatoms. The molecule has 0 heterocycles. The highest BCUT2D eigenvalue weighted by Gasteiger charge is 2.18. The number of nitrogens with one attached hydrogen (secondary N) is 2. The number of hydrogen-bond donors (Lipinski definition) is 4. The summed E-state index contributed by atoms with van der Waals surface area (Å²) in [6, 6.07) is -1.78. The summed E-state index contributed by atoms with van der Waals surface area (Å²) in [7, 11) is 0. The fraction of sp³-hybridized carbons (Fsp3) is 0.500. The van der Waals surface area contributed by atoms with E-state index in [4.69, 9.17) is 21.8 Å². The number of amides is 2. The molecule has 0 aromatic rings. The van der Waals surface area contributed by atoms with Gasteiger partial charge in [0.1, 0.15) is 6.04 Å². The van der Waals surface area contributed by atoms with Crippen molar-refractivity contribution in [2.45, 2.75) is 12.5 Å². The number of carbonyl (C=O) groups is 2. The van der Waals surface area contributed by atoms with Gasteiger partial charge < -0.3 is 20.8 Å². The van der Waals surface area contributed by atoms with Crippen LogP contribution in [0.4, 0.5) is 4.79 Å². The second kappa shape index (κ2) is 7.08. The monoisotopic (exact) mass is 236 g/mol. The van der Waals surface area contributed by atoms with E-state index in [9.17, 15) is 9.59 Å². The van der Waals surface area contributed by atoms with E-state index in [2.05, 4.69) is 17.2 Å². The van der Waals surface area contributed by atoms with Gasteiger partial charge in [-0.3, -0.25) is 0 Å². The molecule has 0 aliphatic rings. The van der Waals surface area contributed by atoms with E-state index >= 15 is 0 Å². The summed E-state index contributed by atoms with van der Waals surface area (Å²) < 4.78 is 0. The van der Waals surface area contributed by atoms with Gasteiger partial charge in [-0.15, -0.1) is 0 Å². The van der Waals surface area contributed by atoms with Crippen molar-refractivity contribution in [3.63, 3.8) is 0 Å². The lowest BCUT2D eigenvalue weighted by molar-refractivity contribution is -0.139. The summed E-state index contributed by atoms with van der Waals surface area (Å²) in [5, 5.41) is 21.9. The lowest BCUT2D eigenvalue weighted by Crippen LogP contribution is -2.46. The highest BCUT2D eigenvalue weighted by atomic mass is 35.5. The Bertz CT molecular complexity index is 257. The highest BCUT2D eigenvalue weighted by Crippen LogP contribution is 1.94. The van der Waals surface area contributed by atoms with E-state index in [0.29, 0.717) is 0 Å². The molecule has 6 nitrogen and oxygen atoms in total. The Hall–Kier alpha value is -1.27. The van der Waals surface area contributed by atoms with Gasteiger partial charge in [-0.1, -0.05) is 18.2 Å². The molecule has 0 spiro atoms. The molecule has 0 aromatic heterocycles. The Morgan fingerprint density at radius 3 is 2.47 bits per heavy atom. The quantitative estimate of drug-likeness (QED) is 0.517. The van der Waals surface area contributed by atoms with Crippen LogP contribution in [0.3, 0.4) is 0 Å². The van der Waals surface area contributed by atoms with Crippen molar-refractivity contribution in [2.75, 3.05) is 13.2 Å². The SMILES string of the molecule is C=C(Cl)CNC(=O)N[C@H](CCO)C(=O)O. The third kappa shape index (κ3) is 6.75. The molecule has 2 amide bonds. The Morgan fingerprint density at radius 2 is 2.07 bits per heavy atom. The van der Waals surface area contributed by atoms with Crippen LogP contribution in [0.1, 0.15) is 6.42 Å². The molecule has 4 N–H and O–H groups in total. The maximum atomic E-state index is 11.1. The second-order valence-corrected chi connectivity index (χ2v) is 3.28. The van der Waals surface area contributed by atoms with Gasteiger partial charge in [0.2, 0.25) is 0 Å². The summed E-state index contributed by atoms with van der Waals surface area (Å²) >= 11 is 5.39.